The van der Waals surface area contributed by atoms with Crippen molar-refractivity contribution in [1.29, 1.82) is 0 Å². The van der Waals surface area contributed by atoms with E-state index in [9.17, 15) is 9.59 Å². The summed E-state index contributed by atoms with van der Waals surface area (Å²) < 4.78 is 0. The van der Waals surface area contributed by atoms with E-state index < -0.39 is 0 Å². The third kappa shape index (κ3) is 3.31. The molecular formula is C20H32O2. The van der Waals surface area contributed by atoms with Gasteiger partial charge in [0.1, 0.15) is 11.6 Å². The molecule has 0 aromatic carbocycles. The second-order valence-corrected chi connectivity index (χ2v) is 8.84. The molecule has 0 N–H and O–H groups in total. The van der Waals surface area contributed by atoms with Crippen LogP contribution in [0.1, 0.15) is 84.5 Å². The van der Waals surface area contributed by atoms with Crippen molar-refractivity contribution in [3.05, 3.63) is 0 Å². The van der Waals surface area contributed by atoms with E-state index in [4.69, 9.17) is 0 Å². The zero-order valence-corrected chi connectivity index (χ0v) is 14.4. The maximum Gasteiger partial charge on any atom is 0.146 e. The summed E-state index contributed by atoms with van der Waals surface area (Å²) in [6.45, 7) is 4.60. The smallest absolute Gasteiger partial charge is 0.146 e. The van der Waals surface area contributed by atoms with Crippen molar-refractivity contribution < 1.29 is 9.59 Å². The second kappa shape index (κ2) is 6.45. The molecule has 3 rings (SSSR count). The molecule has 0 aromatic heterocycles. The van der Waals surface area contributed by atoms with Crippen LogP contribution in [0.4, 0.5) is 0 Å². The standard InChI is InChI=1S/C20H32O2/c1-14-8-16-9-15(2)12-20(11-14,13-16)19(22)10-18(21)17-6-4-3-5-7-17/h14-17H,3-13H2,1-2H3. The van der Waals surface area contributed by atoms with E-state index in [0.29, 0.717) is 17.6 Å². The van der Waals surface area contributed by atoms with Gasteiger partial charge in [0.2, 0.25) is 0 Å². The maximum atomic E-state index is 13.1. The Labute approximate surface area is 135 Å². The molecule has 2 bridgehead atoms. The highest BCUT2D eigenvalue weighted by molar-refractivity contribution is 6.02. The molecular weight excluding hydrogens is 272 g/mol. The lowest BCUT2D eigenvalue weighted by Crippen LogP contribution is -2.45. The molecule has 3 aliphatic rings. The molecule has 2 atom stereocenters. The summed E-state index contributed by atoms with van der Waals surface area (Å²) in [5.41, 5.74) is -0.148. The van der Waals surface area contributed by atoms with Gasteiger partial charge in [0.25, 0.3) is 0 Å². The fourth-order valence-electron chi connectivity index (χ4n) is 5.96. The Bertz CT molecular complexity index is 413. The Morgan fingerprint density at radius 2 is 1.50 bits per heavy atom. The molecule has 2 heteroatoms. The molecule has 0 saturated heterocycles. The van der Waals surface area contributed by atoms with Crippen LogP contribution in [0.5, 0.6) is 0 Å². The fourth-order valence-corrected chi connectivity index (χ4v) is 5.96. The minimum Gasteiger partial charge on any atom is -0.299 e. The van der Waals surface area contributed by atoms with Gasteiger partial charge in [0, 0.05) is 11.3 Å². The van der Waals surface area contributed by atoms with Crippen molar-refractivity contribution in [2.75, 3.05) is 0 Å². The van der Waals surface area contributed by atoms with Crippen molar-refractivity contribution in [3.63, 3.8) is 0 Å². The molecule has 0 amide bonds. The van der Waals surface area contributed by atoms with Gasteiger partial charge >= 0.3 is 0 Å². The summed E-state index contributed by atoms with van der Waals surface area (Å²) in [6, 6.07) is 0. The van der Waals surface area contributed by atoms with Crippen LogP contribution in [0.2, 0.25) is 0 Å². The second-order valence-electron chi connectivity index (χ2n) is 8.84. The maximum absolute atomic E-state index is 13.1. The summed E-state index contributed by atoms with van der Waals surface area (Å²) in [6.07, 6.45) is 11.6. The first-order valence-corrected chi connectivity index (χ1v) is 9.54. The highest BCUT2D eigenvalue weighted by Gasteiger charge is 2.49. The first-order valence-electron chi connectivity index (χ1n) is 9.54. The van der Waals surface area contributed by atoms with Crippen molar-refractivity contribution in [2.24, 2.45) is 29.1 Å². The Hall–Kier alpha value is -0.660. The summed E-state index contributed by atoms with van der Waals surface area (Å²) in [5.74, 6) is 2.77. The van der Waals surface area contributed by atoms with E-state index in [-0.39, 0.29) is 23.5 Å². The topological polar surface area (TPSA) is 34.1 Å². The van der Waals surface area contributed by atoms with Gasteiger partial charge in [-0.25, -0.2) is 0 Å². The lowest BCUT2D eigenvalue weighted by Gasteiger charge is -2.49. The van der Waals surface area contributed by atoms with Gasteiger partial charge in [-0.05, 0) is 62.7 Å². The number of Topliss-reactive ketones (excluding diaryl/α,β-unsaturated/α-hetero) is 2. The van der Waals surface area contributed by atoms with Gasteiger partial charge in [-0.3, -0.25) is 9.59 Å². The SMILES string of the molecule is CC1CC2CC(C)CC(C(=O)CC(=O)C3CCCCC3)(C1)C2. The molecule has 124 valence electrons. The predicted octanol–water partition coefficient (Wildman–Crippen LogP) is 4.95. The zero-order chi connectivity index (χ0) is 15.7. The van der Waals surface area contributed by atoms with E-state index in [1.54, 1.807) is 0 Å². The van der Waals surface area contributed by atoms with Gasteiger partial charge in [-0.15, -0.1) is 0 Å². The molecule has 2 unspecified atom stereocenters. The molecule has 0 heterocycles. The minimum atomic E-state index is -0.148. The first-order chi connectivity index (χ1) is 10.5. The molecule has 22 heavy (non-hydrogen) atoms. The average Bonchev–Trinajstić information content (AvgIpc) is 2.46. The Morgan fingerprint density at radius 1 is 0.909 bits per heavy atom. The number of hydrogen-bond donors (Lipinski definition) is 0. The largest absolute Gasteiger partial charge is 0.299 e. The third-order valence-corrected chi connectivity index (χ3v) is 6.62. The Morgan fingerprint density at radius 3 is 2.09 bits per heavy atom. The number of fused-ring (bicyclic) bond motifs is 2. The lowest BCUT2D eigenvalue weighted by molar-refractivity contribution is -0.141. The van der Waals surface area contributed by atoms with Crippen LogP contribution in [0.3, 0.4) is 0 Å². The van der Waals surface area contributed by atoms with Crippen LogP contribution in [0.15, 0.2) is 0 Å². The van der Waals surface area contributed by atoms with E-state index in [0.717, 1.165) is 38.0 Å². The number of carbonyl (C=O) groups is 2. The number of carbonyl (C=O) groups excluding carboxylic acids is 2. The monoisotopic (exact) mass is 304 g/mol. The molecule has 3 aliphatic carbocycles. The molecule has 0 aliphatic heterocycles. The quantitative estimate of drug-likeness (QED) is 0.689. The van der Waals surface area contributed by atoms with Crippen LogP contribution in [-0.4, -0.2) is 11.6 Å². The van der Waals surface area contributed by atoms with Crippen LogP contribution in [-0.2, 0) is 9.59 Å². The summed E-state index contributed by atoms with van der Waals surface area (Å²) in [4.78, 5) is 25.6. The van der Waals surface area contributed by atoms with Gasteiger partial charge in [0.15, 0.2) is 0 Å². The zero-order valence-electron chi connectivity index (χ0n) is 14.4. The highest BCUT2D eigenvalue weighted by atomic mass is 16.1. The fraction of sp³-hybridized carbons (Fsp3) is 0.900. The molecule has 0 radical (unpaired) electrons. The third-order valence-electron chi connectivity index (χ3n) is 6.62. The van der Waals surface area contributed by atoms with Crippen LogP contribution < -0.4 is 0 Å². The summed E-state index contributed by atoms with van der Waals surface area (Å²) in [7, 11) is 0. The van der Waals surface area contributed by atoms with Gasteiger partial charge in [-0.2, -0.15) is 0 Å². The van der Waals surface area contributed by atoms with Crippen molar-refractivity contribution >= 4 is 11.6 Å². The highest BCUT2D eigenvalue weighted by Crippen LogP contribution is 2.53. The molecule has 0 spiro atoms. The van der Waals surface area contributed by atoms with Crippen LogP contribution in [0, 0.1) is 29.1 Å². The van der Waals surface area contributed by atoms with E-state index in [1.165, 1.54) is 32.1 Å². The van der Waals surface area contributed by atoms with Crippen LogP contribution >= 0.6 is 0 Å². The molecule has 3 fully saturated rings. The normalized spacial score (nSPS) is 39.5. The van der Waals surface area contributed by atoms with Crippen molar-refractivity contribution in [2.45, 2.75) is 84.5 Å². The Balaban J connectivity index is 1.68. The van der Waals surface area contributed by atoms with Gasteiger partial charge in [0.05, 0.1) is 6.42 Å². The van der Waals surface area contributed by atoms with Gasteiger partial charge in [-0.1, -0.05) is 33.1 Å². The van der Waals surface area contributed by atoms with E-state index in [2.05, 4.69) is 13.8 Å². The summed E-state index contributed by atoms with van der Waals surface area (Å²) >= 11 is 0. The number of rotatable bonds is 4. The van der Waals surface area contributed by atoms with Crippen molar-refractivity contribution in [1.82, 2.24) is 0 Å². The minimum absolute atomic E-state index is 0.148. The lowest BCUT2D eigenvalue weighted by atomic mass is 9.55. The predicted molar refractivity (Wildman–Crippen MR) is 88.5 cm³/mol. The Kier molecular flexibility index (Phi) is 4.75. The molecule has 2 nitrogen and oxygen atoms in total. The molecule has 0 aromatic rings. The average molecular weight is 304 g/mol. The van der Waals surface area contributed by atoms with E-state index in [1.807, 2.05) is 0 Å². The van der Waals surface area contributed by atoms with Gasteiger partial charge < -0.3 is 0 Å². The number of ketones is 2. The van der Waals surface area contributed by atoms with Crippen LogP contribution in [0.25, 0.3) is 0 Å². The summed E-state index contributed by atoms with van der Waals surface area (Å²) in [5, 5.41) is 0. The molecule has 3 saturated carbocycles. The van der Waals surface area contributed by atoms with Crippen molar-refractivity contribution in [3.8, 4) is 0 Å². The first kappa shape index (κ1) is 16.2. The van der Waals surface area contributed by atoms with E-state index >= 15 is 0 Å². The number of hydrogen-bond acceptors (Lipinski definition) is 2.